The summed E-state index contributed by atoms with van der Waals surface area (Å²) in [6.45, 7) is 3.66. The second kappa shape index (κ2) is 6.01. The first-order chi connectivity index (χ1) is 6.36. The molecule has 0 saturated heterocycles. The SMILES string of the molecule is CCC(COC)NCc1csnn1. The minimum absolute atomic E-state index is 0.409. The average Bonchev–Trinajstić information content (AvgIpc) is 2.64. The Hall–Kier alpha value is -0.520. The topological polar surface area (TPSA) is 47.0 Å². The largest absolute Gasteiger partial charge is 0.383 e. The van der Waals surface area contributed by atoms with E-state index in [4.69, 9.17) is 4.74 Å². The Morgan fingerprint density at radius 3 is 3.08 bits per heavy atom. The summed E-state index contributed by atoms with van der Waals surface area (Å²) in [5, 5.41) is 9.25. The van der Waals surface area contributed by atoms with E-state index in [2.05, 4.69) is 21.8 Å². The van der Waals surface area contributed by atoms with Crippen LogP contribution in [0.4, 0.5) is 0 Å². The molecule has 1 atom stereocenters. The lowest BCUT2D eigenvalue weighted by atomic mass is 10.2. The minimum Gasteiger partial charge on any atom is -0.383 e. The van der Waals surface area contributed by atoms with Crippen molar-refractivity contribution in [1.29, 1.82) is 0 Å². The van der Waals surface area contributed by atoms with E-state index < -0.39 is 0 Å². The second-order valence-electron chi connectivity index (χ2n) is 2.84. The van der Waals surface area contributed by atoms with E-state index in [-0.39, 0.29) is 0 Å². The van der Waals surface area contributed by atoms with Crippen LogP contribution < -0.4 is 5.32 Å². The molecule has 1 rings (SSSR count). The Kier molecular flexibility index (Phi) is 4.88. The van der Waals surface area contributed by atoms with Crippen molar-refractivity contribution in [3.8, 4) is 0 Å². The van der Waals surface area contributed by atoms with Gasteiger partial charge in [-0.2, -0.15) is 0 Å². The molecule has 0 aromatic carbocycles. The van der Waals surface area contributed by atoms with Crippen LogP contribution in [-0.4, -0.2) is 29.3 Å². The summed E-state index contributed by atoms with van der Waals surface area (Å²) in [5.74, 6) is 0. The van der Waals surface area contributed by atoms with Gasteiger partial charge in [-0.15, -0.1) is 5.10 Å². The van der Waals surface area contributed by atoms with Crippen LogP contribution in [0.3, 0.4) is 0 Å². The van der Waals surface area contributed by atoms with E-state index in [1.807, 2.05) is 5.38 Å². The minimum atomic E-state index is 0.409. The van der Waals surface area contributed by atoms with E-state index in [1.165, 1.54) is 11.5 Å². The van der Waals surface area contributed by atoms with Crippen LogP contribution in [0.25, 0.3) is 0 Å². The lowest BCUT2D eigenvalue weighted by Gasteiger charge is -2.14. The van der Waals surface area contributed by atoms with Crippen molar-refractivity contribution >= 4 is 11.5 Å². The molecule has 1 aromatic heterocycles. The third-order valence-electron chi connectivity index (χ3n) is 1.84. The number of nitrogens with one attached hydrogen (secondary N) is 1. The van der Waals surface area contributed by atoms with Crippen LogP contribution in [0, 0.1) is 0 Å². The molecule has 1 unspecified atom stereocenters. The standard InChI is InChI=1S/C8H15N3OS/c1-3-7(5-12-2)9-4-8-6-13-11-10-8/h6-7,9H,3-5H2,1-2H3. The molecule has 0 saturated carbocycles. The average molecular weight is 201 g/mol. The number of rotatable bonds is 6. The number of aromatic nitrogens is 2. The summed E-state index contributed by atoms with van der Waals surface area (Å²) in [6.07, 6.45) is 1.06. The molecule has 4 nitrogen and oxygen atoms in total. The Bertz CT molecular complexity index is 215. The predicted octanol–water partition coefficient (Wildman–Crippen LogP) is 1.05. The number of hydrogen-bond donors (Lipinski definition) is 1. The van der Waals surface area contributed by atoms with Crippen molar-refractivity contribution in [2.75, 3.05) is 13.7 Å². The fraction of sp³-hybridized carbons (Fsp3) is 0.750. The van der Waals surface area contributed by atoms with Gasteiger partial charge in [0.1, 0.15) is 0 Å². The van der Waals surface area contributed by atoms with Gasteiger partial charge in [0.05, 0.1) is 12.3 Å². The van der Waals surface area contributed by atoms with Crippen molar-refractivity contribution in [1.82, 2.24) is 14.9 Å². The number of methoxy groups -OCH3 is 1. The molecule has 0 amide bonds. The maximum absolute atomic E-state index is 5.07. The summed E-state index contributed by atoms with van der Waals surface area (Å²) < 4.78 is 8.86. The first-order valence-electron chi connectivity index (χ1n) is 4.35. The maximum atomic E-state index is 5.07. The van der Waals surface area contributed by atoms with E-state index >= 15 is 0 Å². The first-order valence-corrected chi connectivity index (χ1v) is 5.18. The van der Waals surface area contributed by atoms with Gasteiger partial charge in [0, 0.05) is 25.1 Å². The van der Waals surface area contributed by atoms with Gasteiger partial charge in [-0.3, -0.25) is 0 Å². The molecule has 1 N–H and O–H groups in total. The molecule has 5 heteroatoms. The highest BCUT2D eigenvalue weighted by molar-refractivity contribution is 7.03. The van der Waals surface area contributed by atoms with Gasteiger partial charge in [-0.25, -0.2) is 0 Å². The molecule has 0 spiro atoms. The monoisotopic (exact) mass is 201 g/mol. The quantitative estimate of drug-likeness (QED) is 0.747. The number of nitrogens with zero attached hydrogens (tertiary/aromatic N) is 2. The smallest absolute Gasteiger partial charge is 0.0893 e. The molecule has 0 fully saturated rings. The fourth-order valence-electron chi connectivity index (χ4n) is 1.03. The van der Waals surface area contributed by atoms with Crippen molar-refractivity contribution in [2.24, 2.45) is 0 Å². The van der Waals surface area contributed by atoms with Gasteiger partial charge in [0.2, 0.25) is 0 Å². The van der Waals surface area contributed by atoms with Crippen molar-refractivity contribution < 1.29 is 4.74 Å². The third kappa shape index (κ3) is 3.80. The van der Waals surface area contributed by atoms with Crippen molar-refractivity contribution in [3.63, 3.8) is 0 Å². The molecule has 0 aliphatic rings. The van der Waals surface area contributed by atoms with Crippen LogP contribution in [-0.2, 0) is 11.3 Å². The molecule has 74 valence electrons. The molecule has 0 aliphatic heterocycles. The normalized spacial score (nSPS) is 13.1. The summed E-state index contributed by atoms with van der Waals surface area (Å²) in [4.78, 5) is 0. The highest BCUT2D eigenvalue weighted by Crippen LogP contribution is 1.98. The highest BCUT2D eigenvalue weighted by atomic mass is 32.1. The highest BCUT2D eigenvalue weighted by Gasteiger charge is 2.05. The Labute approximate surface area is 82.5 Å². The second-order valence-corrected chi connectivity index (χ2v) is 3.45. The molecular formula is C8H15N3OS. The van der Waals surface area contributed by atoms with Gasteiger partial charge in [0.25, 0.3) is 0 Å². The van der Waals surface area contributed by atoms with Gasteiger partial charge in [-0.1, -0.05) is 11.4 Å². The molecule has 1 aromatic rings. The molecule has 0 radical (unpaired) electrons. The first kappa shape index (κ1) is 10.6. The van der Waals surface area contributed by atoms with Crippen LogP contribution >= 0.6 is 11.5 Å². The zero-order valence-corrected chi connectivity index (χ0v) is 8.80. The van der Waals surface area contributed by atoms with Crippen molar-refractivity contribution in [2.45, 2.75) is 25.9 Å². The third-order valence-corrected chi connectivity index (χ3v) is 2.39. The number of hydrogen-bond acceptors (Lipinski definition) is 5. The molecule has 1 heterocycles. The zero-order valence-electron chi connectivity index (χ0n) is 7.99. The fourth-order valence-corrected chi connectivity index (χ4v) is 1.48. The van der Waals surface area contributed by atoms with Gasteiger partial charge < -0.3 is 10.1 Å². The lowest BCUT2D eigenvalue weighted by molar-refractivity contribution is 0.163. The van der Waals surface area contributed by atoms with Crippen LogP contribution in [0.2, 0.25) is 0 Å². The molecule has 0 bridgehead atoms. The van der Waals surface area contributed by atoms with Crippen LogP contribution in [0.15, 0.2) is 5.38 Å². The van der Waals surface area contributed by atoms with E-state index in [0.29, 0.717) is 6.04 Å². The van der Waals surface area contributed by atoms with E-state index in [1.54, 1.807) is 7.11 Å². The van der Waals surface area contributed by atoms with Crippen LogP contribution in [0.1, 0.15) is 19.0 Å². The number of ether oxygens (including phenoxy) is 1. The van der Waals surface area contributed by atoms with Crippen molar-refractivity contribution in [3.05, 3.63) is 11.1 Å². The predicted molar refractivity (Wildman–Crippen MR) is 52.7 cm³/mol. The van der Waals surface area contributed by atoms with Gasteiger partial charge in [0.15, 0.2) is 0 Å². The van der Waals surface area contributed by atoms with Gasteiger partial charge in [-0.05, 0) is 18.0 Å². The Morgan fingerprint density at radius 2 is 2.54 bits per heavy atom. The summed E-state index contributed by atoms with van der Waals surface area (Å²) in [7, 11) is 1.72. The summed E-state index contributed by atoms with van der Waals surface area (Å²) >= 11 is 1.38. The lowest BCUT2D eigenvalue weighted by Crippen LogP contribution is -2.32. The van der Waals surface area contributed by atoms with E-state index in [9.17, 15) is 0 Å². The Morgan fingerprint density at radius 1 is 1.69 bits per heavy atom. The maximum Gasteiger partial charge on any atom is 0.0893 e. The summed E-state index contributed by atoms with van der Waals surface area (Å²) in [6, 6.07) is 0.409. The van der Waals surface area contributed by atoms with E-state index in [0.717, 1.165) is 25.3 Å². The molecule has 13 heavy (non-hydrogen) atoms. The summed E-state index contributed by atoms with van der Waals surface area (Å²) in [5.41, 5.74) is 1.000. The van der Waals surface area contributed by atoms with Crippen LogP contribution in [0.5, 0.6) is 0 Å². The zero-order chi connectivity index (χ0) is 9.52. The Balaban J connectivity index is 2.23. The van der Waals surface area contributed by atoms with Gasteiger partial charge >= 0.3 is 0 Å². The molecule has 0 aliphatic carbocycles. The molecular weight excluding hydrogens is 186 g/mol.